The van der Waals surface area contributed by atoms with Gasteiger partial charge in [-0.2, -0.15) is 5.10 Å². The Kier molecular flexibility index (Phi) is 6.93. The summed E-state index contributed by atoms with van der Waals surface area (Å²) >= 11 is 9.73. The van der Waals surface area contributed by atoms with Crippen molar-refractivity contribution in [1.29, 1.82) is 0 Å². The number of benzene rings is 3. The topological polar surface area (TPSA) is 56.1 Å². The van der Waals surface area contributed by atoms with Gasteiger partial charge in [-0.3, -0.25) is 9.48 Å². The van der Waals surface area contributed by atoms with E-state index in [1.54, 1.807) is 6.07 Å². The van der Waals surface area contributed by atoms with Crippen LogP contribution in [0.15, 0.2) is 83.3 Å². The molecule has 0 spiro atoms. The van der Waals surface area contributed by atoms with E-state index in [-0.39, 0.29) is 5.91 Å². The number of aromatic nitrogens is 2. The summed E-state index contributed by atoms with van der Waals surface area (Å²) in [5.74, 6) is 1.02. The molecule has 4 rings (SSSR count). The highest BCUT2D eigenvalue weighted by molar-refractivity contribution is 9.10. The van der Waals surface area contributed by atoms with Gasteiger partial charge in [-0.15, -0.1) is 0 Å². The highest BCUT2D eigenvalue weighted by Gasteiger charge is 2.12. The number of carbonyl (C=O) groups excluding carboxylic acids is 1. The van der Waals surface area contributed by atoms with E-state index >= 15 is 0 Å². The SMILES string of the molecule is Cc1cc(NC(=O)c2cccc(COc3ccccc3Br)c2)nn1Cc1ccccc1Cl. The molecule has 1 aromatic heterocycles. The lowest BCUT2D eigenvalue weighted by molar-refractivity contribution is 0.102. The van der Waals surface area contributed by atoms with Crippen molar-refractivity contribution in [2.75, 3.05) is 5.32 Å². The van der Waals surface area contributed by atoms with Crippen LogP contribution in [0.25, 0.3) is 0 Å². The van der Waals surface area contributed by atoms with E-state index in [0.717, 1.165) is 27.0 Å². The molecule has 0 bridgehead atoms. The molecule has 1 heterocycles. The maximum atomic E-state index is 12.8. The molecule has 0 aliphatic carbocycles. The number of carbonyl (C=O) groups is 1. The number of nitrogens with zero attached hydrogens (tertiary/aromatic N) is 2. The summed E-state index contributed by atoms with van der Waals surface area (Å²) in [5.41, 5.74) is 3.33. The molecule has 32 heavy (non-hydrogen) atoms. The van der Waals surface area contributed by atoms with Crippen molar-refractivity contribution >= 4 is 39.3 Å². The Morgan fingerprint density at radius 1 is 1.06 bits per heavy atom. The van der Waals surface area contributed by atoms with E-state index in [9.17, 15) is 4.79 Å². The van der Waals surface area contributed by atoms with E-state index in [1.807, 2.05) is 84.4 Å². The van der Waals surface area contributed by atoms with Crippen LogP contribution in [-0.2, 0) is 13.2 Å². The fraction of sp³-hybridized carbons (Fsp3) is 0.120. The number of halogens is 2. The molecule has 162 valence electrons. The van der Waals surface area contributed by atoms with E-state index in [4.69, 9.17) is 16.3 Å². The third kappa shape index (κ3) is 5.39. The van der Waals surface area contributed by atoms with Crippen LogP contribution < -0.4 is 10.1 Å². The predicted octanol–water partition coefficient (Wildman–Crippen LogP) is 6.49. The molecule has 3 aromatic carbocycles. The molecule has 0 radical (unpaired) electrons. The molecular weight excluding hydrogens is 490 g/mol. The van der Waals surface area contributed by atoms with Crippen LogP contribution in [0.4, 0.5) is 5.82 Å². The number of para-hydroxylation sites is 1. The quantitative estimate of drug-likeness (QED) is 0.309. The molecule has 4 aromatic rings. The zero-order valence-electron chi connectivity index (χ0n) is 17.4. The number of amides is 1. The average molecular weight is 511 g/mol. The molecule has 0 fully saturated rings. The van der Waals surface area contributed by atoms with Crippen molar-refractivity contribution < 1.29 is 9.53 Å². The van der Waals surface area contributed by atoms with Crippen molar-refractivity contribution in [2.24, 2.45) is 0 Å². The highest BCUT2D eigenvalue weighted by Crippen LogP contribution is 2.25. The minimum absolute atomic E-state index is 0.227. The maximum absolute atomic E-state index is 12.8. The lowest BCUT2D eigenvalue weighted by atomic mass is 10.1. The summed E-state index contributed by atoms with van der Waals surface area (Å²) in [6.45, 7) is 2.83. The molecular formula is C25H21BrClN3O2. The number of aryl methyl sites for hydroxylation is 1. The fourth-order valence-electron chi connectivity index (χ4n) is 3.23. The Morgan fingerprint density at radius 2 is 1.84 bits per heavy atom. The van der Waals surface area contributed by atoms with Crippen molar-refractivity contribution in [1.82, 2.24) is 9.78 Å². The number of hydrogen-bond acceptors (Lipinski definition) is 3. The highest BCUT2D eigenvalue weighted by atomic mass is 79.9. The molecule has 0 atom stereocenters. The van der Waals surface area contributed by atoms with Gasteiger partial charge in [0.05, 0.1) is 11.0 Å². The smallest absolute Gasteiger partial charge is 0.256 e. The van der Waals surface area contributed by atoms with Crippen LogP contribution in [0.1, 0.15) is 27.2 Å². The van der Waals surface area contributed by atoms with E-state index in [2.05, 4.69) is 26.3 Å². The van der Waals surface area contributed by atoms with Crippen molar-refractivity contribution in [3.05, 3.63) is 111 Å². The van der Waals surface area contributed by atoms with E-state index in [0.29, 0.717) is 29.6 Å². The Labute approximate surface area is 200 Å². The first-order chi connectivity index (χ1) is 15.5. The lowest BCUT2D eigenvalue weighted by Gasteiger charge is -2.09. The largest absolute Gasteiger partial charge is 0.488 e. The van der Waals surface area contributed by atoms with Crippen LogP contribution in [0.5, 0.6) is 5.75 Å². The summed E-state index contributed by atoms with van der Waals surface area (Å²) < 4.78 is 8.56. The third-order valence-electron chi connectivity index (χ3n) is 4.92. The molecule has 0 saturated heterocycles. The van der Waals surface area contributed by atoms with E-state index < -0.39 is 0 Å². The Hall–Kier alpha value is -3.09. The van der Waals surface area contributed by atoms with Gasteiger partial charge in [0, 0.05) is 22.3 Å². The van der Waals surface area contributed by atoms with Gasteiger partial charge in [-0.1, -0.05) is 54.1 Å². The number of rotatable bonds is 7. The second-order valence-electron chi connectivity index (χ2n) is 7.29. The van der Waals surface area contributed by atoms with Gasteiger partial charge in [0.1, 0.15) is 12.4 Å². The zero-order valence-corrected chi connectivity index (χ0v) is 19.7. The molecule has 1 amide bonds. The van der Waals surface area contributed by atoms with Crippen molar-refractivity contribution in [2.45, 2.75) is 20.1 Å². The van der Waals surface area contributed by atoms with Crippen LogP contribution in [0, 0.1) is 6.92 Å². The minimum atomic E-state index is -0.227. The number of nitrogens with one attached hydrogen (secondary N) is 1. The third-order valence-corrected chi connectivity index (χ3v) is 5.94. The van der Waals surface area contributed by atoms with Crippen molar-refractivity contribution in [3.8, 4) is 5.75 Å². The van der Waals surface area contributed by atoms with Gasteiger partial charge in [0.15, 0.2) is 5.82 Å². The summed E-state index contributed by atoms with van der Waals surface area (Å²) in [7, 11) is 0. The molecule has 0 aliphatic rings. The first-order valence-electron chi connectivity index (χ1n) is 10.0. The summed E-state index contributed by atoms with van der Waals surface area (Å²) in [5, 5.41) is 8.08. The maximum Gasteiger partial charge on any atom is 0.256 e. The van der Waals surface area contributed by atoms with Crippen LogP contribution in [-0.4, -0.2) is 15.7 Å². The van der Waals surface area contributed by atoms with Gasteiger partial charge in [-0.25, -0.2) is 0 Å². The Morgan fingerprint density at radius 3 is 2.66 bits per heavy atom. The predicted molar refractivity (Wildman–Crippen MR) is 130 cm³/mol. The summed E-state index contributed by atoms with van der Waals surface area (Å²) in [6.07, 6.45) is 0. The van der Waals surface area contributed by atoms with Gasteiger partial charge >= 0.3 is 0 Å². The molecule has 1 N–H and O–H groups in total. The summed E-state index contributed by atoms with van der Waals surface area (Å²) in [6, 6.07) is 24.5. The second-order valence-corrected chi connectivity index (χ2v) is 8.56. The number of anilines is 1. The van der Waals surface area contributed by atoms with Gasteiger partial charge in [0.25, 0.3) is 5.91 Å². The van der Waals surface area contributed by atoms with Crippen LogP contribution >= 0.6 is 27.5 Å². The normalized spacial score (nSPS) is 10.7. The Balaban J connectivity index is 1.42. The van der Waals surface area contributed by atoms with Gasteiger partial charge in [0.2, 0.25) is 0 Å². The molecule has 0 saturated carbocycles. The molecule has 5 nitrogen and oxygen atoms in total. The minimum Gasteiger partial charge on any atom is -0.488 e. The number of ether oxygens (including phenoxy) is 1. The van der Waals surface area contributed by atoms with Crippen LogP contribution in [0.3, 0.4) is 0 Å². The number of hydrogen-bond donors (Lipinski definition) is 1. The molecule has 0 unspecified atom stereocenters. The second kappa shape index (κ2) is 10.0. The molecule has 0 aliphatic heterocycles. The first-order valence-corrected chi connectivity index (χ1v) is 11.2. The molecule has 7 heteroatoms. The van der Waals surface area contributed by atoms with E-state index in [1.165, 1.54) is 0 Å². The summed E-state index contributed by atoms with van der Waals surface area (Å²) in [4.78, 5) is 12.8. The fourth-order valence-corrected chi connectivity index (χ4v) is 3.83. The first kappa shape index (κ1) is 22.1. The van der Waals surface area contributed by atoms with Gasteiger partial charge < -0.3 is 10.1 Å². The lowest BCUT2D eigenvalue weighted by Crippen LogP contribution is -2.13. The van der Waals surface area contributed by atoms with Crippen LogP contribution in [0.2, 0.25) is 5.02 Å². The van der Waals surface area contributed by atoms with Crippen molar-refractivity contribution in [3.63, 3.8) is 0 Å². The standard InChI is InChI=1S/C25H21BrClN3O2/c1-17-13-24(29-30(17)15-20-8-2-4-11-22(20)27)28-25(31)19-9-6-7-18(14-19)16-32-23-12-5-3-10-21(23)26/h2-14H,15-16H2,1H3,(H,28,29,31). The Bertz CT molecular complexity index is 1260. The van der Waals surface area contributed by atoms with Gasteiger partial charge in [-0.05, 0) is 64.3 Å². The monoisotopic (exact) mass is 509 g/mol. The average Bonchev–Trinajstić information content (AvgIpc) is 3.13. The zero-order chi connectivity index (χ0) is 22.5.